The van der Waals surface area contributed by atoms with E-state index in [9.17, 15) is 4.79 Å². The maximum atomic E-state index is 11.9. The minimum absolute atomic E-state index is 0.0250. The van der Waals surface area contributed by atoms with Crippen molar-refractivity contribution < 1.29 is 9.53 Å². The first-order valence-corrected chi connectivity index (χ1v) is 6.18. The molecule has 1 atom stereocenters. The lowest BCUT2D eigenvalue weighted by atomic mass is 10.1. The number of amides is 1. The van der Waals surface area contributed by atoms with Gasteiger partial charge in [-0.05, 0) is 18.4 Å². The molecular weight excluding hydrogens is 228 g/mol. The predicted octanol–water partition coefficient (Wildman–Crippen LogP) is 1.05. The number of nitrogens with zero attached hydrogens (tertiary/aromatic N) is 1. The molecule has 0 radical (unpaired) electrons. The topological polar surface area (TPSA) is 55.6 Å². The third-order valence-corrected chi connectivity index (χ3v) is 2.91. The van der Waals surface area contributed by atoms with Crippen molar-refractivity contribution >= 4 is 5.91 Å². The molecule has 0 spiro atoms. The van der Waals surface area contributed by atoms with Crippen molar-refractivity contribution in [3.63, 3.8) is 0 Å². The summed E-state index contributed by atoms with van der Waals surface area (Å²) in [5.41, 5.74) is 7.03. The van der Waals surface area contributed by atoms with Crippen molar-refractivity contribution in [3.8, 4) is 0 Å². The lowest BCUT2D eigenvalue weighted by molar-refractivity contribution is -0.131. The Kier molecular flexibility index (Phi) is 6.39. The lowest BCUT2D eigenvalue weighted by Crippen LogP contribution is -2.43. The summed E-state index contributed by atoms with van der Waals surface area (Å²) >= 11 is 0. The van der Waals surface area contributed by atoms with E-state index in [-0.39, 0.29) is 5.91 Å². The van der Waals surface area contributed by atoms with Crippen LogP contribution in [0.2, 0.25) is 0 Å². The molecule has 0 fully saturated rings. The van der Waals surface area contributed by atoms with E-state index in [2.05, 4.69) is 12.1 Å². The highest BCUT2D eigenvalue weighted by atomic mass is 16.5. The summed E-state index contributed by atoms with van der Waals surface area (Å²) in [7, 11) is 3.40. The molecule has 1 unspecified atom stereocenters. The molecule has 0 saturated carbocycles. The van der Waals surface area contributed by atoms with Crippen LogP contribution >= 0.6 is 0 Å². The Bertz CT molecular complexity index is 354. The fourth-order valence-electron chi connectivity index (χ4n) is 1.70. The molecule has 0 aliphatic heterocycles. The first-order valence-electron chi connectivity index (χ1n) is 6.18. The summed E-state index contributed by atoms with van der Waals surface area (Å²) < 4.78 is 4.92. The van der Waals surface area contributed by atoms with E-state index in [1.807, 2.05) is 18.2 Å². The zero-order chi connectivity index (χ0) is 13.4. The van der Waals surface area contributed by atoms with Crippen LogP contribution in [0.15, 0.2) is 30.3 Å². The molecule has 0 aromatic heterocycles. The molecule has 1 rings (SSSR count). The highest BCUT2D eigenvalue weighted by Gasteiger charge is 2.17. The second-order valence-corrected chi connectivity index (χ2v) is 4.38. The van der Waals surface area contributed by atoms with Crippen molar-refractivity contribution in [3.05, 3.63) is 35.9 Å². The molecule has 1 amide bonds. The molecule has 2 N–H and O–H groups in total. The molecule has 0 saturated heterocycles. The van der Waals surface area contributed by atoms with Crippen molar-refractivity contribution in [2.24, 2.45) is 5.73 Å². The number of rotatable bonds is 7. The molecule has 1 aromatic rings. The Morgan fingerprint density at radius 2 is 2.06 bits per heavy atom. The molecule has 1 aromatic carbocycles. The standard InChI is InChI=1S/C14H22N2O2/c1-16(14(17)13(15)9-11-18-2)10-8-12-6-4-3-5-7-12/h3-7,13H,8-11,15H2,1-2H3. The van der Waals surface area contributed by atoms with E-state index in [0.717, 1.165) is 6.42 Å². The number of nitrogens with two attached hydrogens (primary N) is 1. The number of methoxy groups -OCH3 is 1. The van der Waals surface area contributed by atoms with Crippen LogP contribution in [0.1, 0.15) is 12.0 Å². The predicted molar refractivity (Wildman–Crippen MR) is 72.3 cm³/mol. The van der Waals surface area contributed by atoms with Gasteiger partial charge in [-0.3, -0.25) is 4.79 Å². The number of hydrogen-bond donors (Lipinski definition) is 1. The van der Waals surface area contributed by atoms with Crippen LogP contribution in [0.25, 0.3) is 0 Å². The quantitative estimate of drug-likeness (QED) is 0.787. The molecule has 0 heterocycles. The maximum Gasteiger partial charge on any atom is 0.239 e. The van der Waals surface area contributed by atoms with Crippen LogP contribution < -0.4 is 5.73 Å². The molecule has 0 aliphatic carbocycles. The van der Waals surface area contributed by atoms with Gasteiger partial charge in [0.1, 0.15) is 0 Å². The van der Waals surface area contributed by atoms with Gasteiger partial charge < -0.3 is 15.4 Å². The summed E-state index contributed by atoms with van der Waals surface area (Å²) in [5, 5.41) is 0. The first kappa shape index (κ1) is 14.7. The Balaban J connectivity index is 2.35. The van der Waals surface area contributed by atoms with Crippen LogP contribution in [-0.2, 0) is 16.0 Å². The smallest absolute Gasteiger partial charge is 0.239 e. The molecule has 100 valence electrons. The van der Waals surface area contributed by atoms with E-state index < -0.39 is 6.04 Å². The van der Waals surface area contributed by atoms with Gasteiger partial charge in [0.15, 0.2) is 0 Å². The highest BCUT2D eigenvalue weighted by molar-refractivity contribution is 5.81. The third-order valence-electron chi connectivity index (χ3n) is 2.91. The van der Waals surface area contributed by atoms with Crippen LogP contribution in [-0.4, -0.2) is 44.2 Å². The normalized spacial score (nSPS) is 12.2. The second-order valence-electron chi connectivity index (χ2n) is 4.38. The molecule has 0 aliphatic rings. The van der Waals surface area contributed by atoms with E-state index in [1.54, 1.807) is 19.1 Å². The zero-order valence-corrected chi connectivity index (χ0v) is 11.1. The number of carbonyl (C=O) groups excluding carboxylic acids is 1. The van der Waals surface area contributed by atoms with Gasteiger partial charge >= 0.3 is 0 Å². The maximum absolute atomic E-state index is 11.9. The Labute approximate surface area is 109 Å². The Hall–Kier alpha value is -1.39. The third kappa shape index (κ3) is 4.85. The van der Waals surface area contributed by atoms with Crippen LogP contribution in [0.5, 0.6) is 0 Å². The van der Waals surface area contributed by atoms with E-state index in [4.69, 9.17) is 10.5 Å². The van der Waals surface area contributed by atoms with Gasteiger partial charge in [-0.25, -0.2) is 0 Å². The van der Waals surface area contributed by atoms with Crippen LogP contribution in [0.4, 0.5) is 0 Å². The molecular formula is C14H22N2O2. The largest absolute Gasteiger partial charge is 0.385 e. The SMILES string of the molecule is COCCC(N)C(=O)N(C)CCc1ccccc1. The number of hydrogen-bond acceptors (Lipinski definition) is 3. The average Bonchev–Trinajstić information content (AvgIpc) is 2.42. The second kappa shape index (κ2) is 7.84. The van der Waals surface area contributed by atoms with Crippen molar-refractivity contribution in [1.29, 1.82) is 0 Å². The number of carbonyl (C=O) groups is 1. The van der Waals surface area contributed by atoms with Gasteiger partial charge in [0.05, 0.1) is 6.04 Å². The summed E-state index contributed by atoms with van der Waals surface area (Å²) in [4.78, 5) is 13.6. The molecule has 0 bridgehead atoms. The minimum atomic E-state index is -0.467. The minimum Gasteiger partial charge on any atom is -0.385 e. The van der Waals surface area contributed by atoms with E-state index in [0.29, 0.717) is 19.6 Å². The first-order chi connectivity index (χ1) is 8.65. The van der Waals surface area contributed by atoms with Gasteiger partial charge in [0, 0.05) is 27.3 Å². The summed E-state index contributed by atoms with van der Waals surface area (Å²) in [6.07, 6.45) is 1.41. The average molecular weight is 250 g/mol. The van der Waals surface area contributed by atoms with Crippen molar-refractivity contribution in [2.75, 3.05) is 27.3 Å². The van der Waals surface area contributed by atoms with E-state index in [1.165, 1.54) is 5.56 Å². The number of ether oxygens (including phenoxy) is 1. The Morgan fingerprint density at radius 3 is 2.67 bits per heavy atom. The van der Waals surface area contributed by atoms with Gasteiger partial charge in [0.2, 0.25) is 5.91 Å². The number of benzene rings is 1. The fourth-order valence-corrected chi connectivity index (χ4v) is 1.70. The van der Waals surface area contributed by atoms with Gasteiger partial charge in [-0.15, -0.1) is 0 Å². The highest BCUT2D eigenvalue weighted by Crippen LogP contribution is 2.02. The fraction of sp³-hybridized carbons (Fsp3) is 0.500. The van der Waals surface area contributed by atoms with Crippen LogP contribution in [0.3, 0.4) is 0 Å². The Morgan fingerprint density at radius 1 is 1.39 bits per heavy atom. The van der Waals surface area contributed by atoms with Crippen molar-refractivity contribution in [2.45, 2.75) is 18.9 Å². The summed E-state index contributed by atoms with van der Waals surface area (Å²) in [5.74, 6) is -0.0250. The summed E-state index contributed by atoms with van der Waals surface area (Å²) in [6, 6.07) is 9.64. The molecule has 18 heavy (non-hydrogen) atoms. The monoisotopic (exact) mass is 250 g/mol. The van der Waals surface area contributed by atoms with Crippen LogP contribution in [0, 0.1) is 0 Å². The van der Waals surface area contributed by atoms with Gasteiger partial charge in [-0.2, -0.15) is 0 Å². The van der Waals surface area contributed by atoms with E-state index >= 15 is 0 Å². The number of likely N-dealkylation sites (N-methyl/N-ethyl adjacent to an activating group) is 1. The lowest BCUT2D eigenvalue weighted by Gasteiger charge is -2.21. The molecule has 4 nitrogen and oxygen atoms in total. The van der Waals surface area contributed by atoms with Crippen molar-refractivity contribution in [1.82, 2.24) is 4.90 Å². The summed E-state index contributed by atoms with van der Waals surface area (Å²) in [6.45, 7) is 1.20. The van der Waals surface area contributed by atoms with Gasteiger partial charge in [-0.1, -0.05) is 30.3 Å². The zero-order valence-electron chi connectivity index (χ0n) is 11.1. The van der Waals surface area contributed by atoms with Gasteiger partial charge in [0.25, 0.3) is 0 Å². The molecule has 4 heteroatoms.